The zero-order chi connectivity index (χ0) is 12.8. The molecule has 1 nitrogen and oxygen atoms in total. The molecule has 0 bridgehead atoms. The summed E-state index contributed by atoms with van der Waals surface area (Å²) in [6.07, 6.45) is 1.20. The Bertz CT molecular complexity index is 355. The summed E-state index contributed by atoms with van der Waals surface area (Å²) in [6, 6.07) is 5.72. The van der Waals surface area contributed by atoms with Crippen LogP contribution >= 0.6 is 35.0 Å². The lowest BCUT2D eigenvalue weighted by atomic mass is 10.2. The van der Waals surface area contributed by atoms with Crippen LogP contribution in [0.1, 0.15) is 18.9 Å². The molecule has 0 heterocycles. The van der Waals surface area contributed by atoms with E-state index in [1.54, 1.807) is 0 Å². The molecule has 0 saturated heterocycles. The molecule has 0 amide bonds. The smallest absolute Gasteiger partial charge is 0.0461 e. The maximum Gasteiger partial charge on any atom is 0.0461 e. The Morgan fingerprint density at radius 2 is 2.00 bits per heavy atom. The normalized spacial score (nSPS) is 13.1. The maximum atomic E-state index is 6.13. The molecule has 0 saturated carbocycles. The predicted octanol–water partition coefficient (Wildman–Crippen LogP) is 4.57. The van der Waals surface area contributed by atoms with Crippen molar-refractivity contribution in [2.75, 3.05) is 20.6 Å². The molecule has 0 spiro atoms. The first-order chi connectivity index (χ1) is 7.99. The summed E-state index contributed by atoms with van der Waals surface area (Å²) in [5.41, 5.74) is 1.16. The van der Waals surface area contributed by atoms with Crippen molar-refractivity contribution in [2.45, 2.75) is 24.3 Å². The average Bonchev–Trinajstić information content (AvgIpc) is 2.25. The Hall–Kier alpha value is 0.110. The van der Waals surface area contributed by atoms with Crippen molar-refractivity contribution in [3.8, 4) is 0 Å². The van der Waals surface area contributed by atoms with E-state index >= 15 is 0 Å². The molecule has 0 aliphatic heterocycles. The highest BCUT2D eigenvalue weighted by Gasteiger charge is 2.06. The molecule has 0 fully saturated rings. The van der Waals surface area contributed by atoms with Gasteiger partial charge in [0.25, 0.3) is 0 Å². The van der Waals surface area contributed by atoms with E-state index in [1.165, 1.54) is 6.42 Å². The quantitative estimate of drug-likeness (QED) is 0.755. The molecule has 4 heteroatoms. The zero-order valence-corrected chi connectivity index (χ0v) is 12.9. The lowest BCUT2D eigenvalue weighted by Crippen LogP contribution is -2.16. The van der Waals surface area contributed by atoms with Crippen LogP contribution in [0.4, 0.5) is 0 Å². The molecule has 0 aliphatic rings. The fourth-order valence-electron chi connectivity index (χ4n) is 1.39. The number of thioether (sulfide) groups is 1. The molecule has 1 aromatic carbocycles. The molecule has 0 radical (unpaired) electrons. The molecule has 17 heavy (non-hydrogen) atoms. The van der Waals surface area contributed by atoms with Crippen LogP contribution < -0.4 is 0 Å². The molecule has 1 aromatic rings. The van der Waals surface area contributed by atoms with Crippen molar-refractivity contribution in [1.82, 2.24) is 4.90 Å². The minimum absolute atomic E-state index is 0.643. The van der Waals surface area contributed by atoms with Crippen LogP contribution in [0.2, 0.25) is 10.0 Å². The summed E-state index contributed by atoms with van der Waals surface area (Å²) in [6.45, 7) is 3.39. The lowest BCUT2D eigenvalue weighted by Gasteiger charge is -2.15. The predicted molar refractivity (Wildman–Crippen MR) is 80.4 cm³/mol. The van der Waals surface area contributed by atoms with E-state index < -0.39 is 0 Å². The van der Waals surface area contributed by atoms with Gasteiger partial charge in [0, 0.05) is 21.0 Å². The van der Waals surface area contributed by atoms with E-state index in [9.17, 15) is 0 Å². The molecular weight excluding hydrogens is 273 g/mol. The third kappa shape index (κ3) is 6.01. The van der Waals surface area contributed by atoms with Gasteiger partial charge in [0.2, 0.25) is 0 Å². The summed E-state index contributed by atoms with van der Waals surface area (Å²) in [7, 11) is 4.21. The Morgan fingerprint density at radius 3 is 2.59 bits per heavy atom. The van der Waals surface area contributed by atoms with Gasteiger partial charge in [0.05, 0.1) is 0 Å². The SMILES string of the molecule is CC(CCN(C)C)SCc1ccc(Cl)cc1Cl. The van der Waals surface area contributed by atoms with E-state index in [0.29, 0.717) is 10.3 Å². The third-order valence-corrected chi connectivity index (χ3v) is 4.39. The van der Waals surface area contributed by atoms with Crippen LogP contribution in [0.5, 0.6) is 0 Å². The first-order valence-corrected chi connectivity index (χ1v) is 7.49. The second-order valence-electron chi connectivity index (χ2n) is 4.45. The van der Waals surface area contributed by atoms with Crippen LogP contribution in [0.3, 0.4) is 0 Å². The van der Waals surface area contributed by atoms with Crippen molar-refractivity contribution < 1.29 is 0 Å². The van der Waals surface area contributed by atoms with E-state index in [-0.39, 0.29) is 0 Å². The van der Waals surface area contributed by atoms with Gasteiger partial charge in [-0.1, -0.05) is 36.2 Å². The summed E-state index contributed by atoms with van der Waals surface area (Å²) in [5.74, 6) is 0.949. The second kappa shape index (κ2) is 7.52. The summed E-state index contributed by atoms with van der Waals surface area (Å²) < 4.78 is 0. The second-order valence-corrected chi connectivity index (χ2v) is 6.72. The van der Waals surface area contributed by atoms with Crippen molar-refractivity contribution in [3.05, 3.63) is 33.8 Å². The van der Waals surface area contributed by atoms with Gasteiger partial charge in [-0.05, 0) is 44.8 Å². The number of hydrogen-bond donors (Lipinski definition) is 0. The molecule has 1 rings (SSSR count). The van der Waals surface area contributed by atoms with Crippen LogP contribution in [0.25, 0.3) is 0 Å². The standard InChI is InChI=1S/C13H19Cl2NS/c1-10(6-7-16(2)3)17-9-11-4-5-12(14)8-13(11)15/h4-5,8,10H,6-7,9H2,1-3H3. The van der Waals surface area contributed by atoms with Gasteiger partial charge in [-0.2, -0.15) is 11.8 Å². The minimum Gasteiger partial charge on any atom is -0.309 e. The largest absolute Gasteiger partial charge is 0.309 e. The number of nitrogens with zero attached hydrogens (tertiary/aromatic N) is 1. The van der Waals surface area contributed by atoms with E-state index in [1.807, 2.05) is 30.0 Å². The summed E-state index contributed by atoms with van der Waals surface area (Å²) in [5, 5.41) is 2.11. The topological polar surface area (TPSA) is 3.24 Å². The van der Waals surface area contributed by atoms with Gasteiger partial charge >= 0.3 is 0 Å². The molecular formula is C13H19Cl2NS. The first kappa shape index (κ1) is 15.2. The van der Waals surface area contributed by atoms with E-state index in [2.05, 4.69) is 25.9 Å². The third-order valence-electron chi connectivity index (χ3n) is 2.52. The molecule has 96 valence electrons. The highest BCUT2D eigenvalue weighted by Crippen LogP contribution is 2.27. The van der Waals surface area contributed by atoms with E-state index in [4.69, 9.17) is 23.2 Å². The monoisotopic (exact) mass is 291 g/mol. The van der Waals surface area contributed by atoms with Crippen molar-refractivity contribution >= 4 is 35.0 Å². The number of benzene rings is 1. The van der Waals surface area contributed by atoms with Gasteiger partial charge < -0.3 is 4.90 Å². The van der Waals surface area contributed by atoms with Gasteiger partial charge in [-0.25, -0.2) is 0 Å². The Balaban J connectivity index is 2.39. The van der Waals surface area contributed by atoms with Gasteiger partial charge in [0.15, 0.2) is 0 Å². The molecule has 0 aromatic heterocycles. The molecule has 0 aliphatic carbocycles. The molecule has 0 N–H and O–H groups in total. The van der Waals surface area contributed by atoms with Crippen molar-refractivity contribution in [2.24, 2.45) is 0 Å². The van der Waals surface area contributed by atoms with Crippen LogP contribution in [-0.4, -0.2) is 30.8 Å². The molecule has 1 unspecified atom stereocenters. The maximum absolute atomic E-state index is 6.13. The first-order valence-electron chi connectivity index (χ1n) is 5.69. The fourth-order valence-corrected chi connectivity index (χ4v) is 2.94. The Morgan fingerprint density at radius 1 is 1.29 bits per heavy atom. The number of rotatable bonds is 6. The average molecular weight is 292 g/mol. The highest BCUT2D eigenvalue weighted by atomic mass is 35.5. The Kier molecular flexibility index (Phi) is 6.71. The van der Waals surface area contributed by atoms with Crippen LogP contribution in [0.15, 0.2) is 18.2 Å². The number of halogens is 2. The van der Waals surface area contributed by atoms with Gasteiger partial charge in [-0.15, -0.1) is 0 Å². The highest BCUT2D eigenvalue weighted by molar-refractivity contribution is 7.99. The lowest BCUT2D eigenvalue weighted by molar-refractivity contribution is 0.400. The van der Waals surface area contributed by atoms with Gasteiger partial charge in [-0.3, -0.25) is 0 Å². The fraction of sp³-hybridized carbons (Fsp3) is 0.538. The summed E-state index contributed by atoms with van der Waals surface area (Å²) >= 11 is 13.9. The molecule has 1 atom stereocenters. The summed E-state index contributed by atoms with van der Waals surface area (Å²) in [4.78, 5) is 2.21. The van der Waals surface area contributed by atoms with Gasteiger partial charge in [0.1, 0.15) is 0 Å². The van der Waals surface area contributed by atoms with Crippen LogP contribution in [-0.2, 0) is 5.75 Å². The van der Waals surface area contributed by atoms with Crippen LogP contribution in [0, 0.1) is 0 Å². The zero-order valence-electron chi connectivity index (χ0n) is 10.5. The van der Waals surface area contributed by atoms with Crippen molar-refractivity contribution in [1.29, 1.82) is 0 Å². The Labute approximate surface area is 118 Å². The van der Waals surface area contributed by atoms with E-state index in [0.717, 1.165) is 22.9 Å². The van der Waals surface area contributed by atoms with Crippen molar-refractivity contribution in [3.63, 3.8) is 0 Å². The minimum atomic E-state index is 0.643. The number of hydrogen-bond acceptors (Lipinski definition) is 2.